The van der Waals surface area contributed by atoms with Crippen molar-refractivity contribution in [1.82, 2.24) is 0 Å². The van der Waals surface area contributed by atoms with Crippen LogP contribution in [0.1, 0.15) is 46.0 Å². The Hall–Kier alpha value is -2.12. The Morgan fingerprint density at radius 3 is 2.67 bits per heavy atom. The molecule has 4 aliphatic rings. The second-order valence-corrected chi connectivity index (χ2v) is 9.68. The van der Waals surface area contributed by atoms with Crippen molar-refractivity contribution in [1.29, 1.82) is 0 Å². The van der Waals surface area contributed by atoms with Crippen LogP contribution < -0.4 is 0 Å². The van der Waals surface area contributed by atoms with Crippen LogP contribution in [0.3, 0.4) is 0 Å². The molecular weight excluding hydrogens is 388 g/mol. The molecule has 0 aliphatic heterocycles. The van der Waals surface area contributed by atoms with Crippen LogP contribution in [-0.2, 0) is 23.9 Å². The minimum Gasteiger partial charge on any atom is -0.456 e. The molecule has 0 saturated heterocycles. The van der Waals surface area contributed by atoms with Crippen LogP contribution in [0.4, 0.5) is 0 Å². The van der Waals surface area contributed by atoms with E-state index in [0.717, 1.165) is 12.0 Å². The largest absolute Gasteiger partial charge is 0.456 e. The highest BCUT2D eigenvalue weighted by molar-refractivity contribution is 6.02. The smallest absolute Gasteiger partial charge is 0.332 e. The van der Waals surface area contributed by atoms with Crippen LogP contribution in [0.2, 0.25) is 0 Å². The van der Waals surface area contributed by atoms with Gasteiger partial charge in [-0.05, 0) is 49.7 Å². The van der Waals surface area contributed by atoms with Gasteiger partial charge in [0.15, 0.2) is 12.4 Å². The lowest BCUT2D eigenvalue weighted by Crippen LogP contribution is -2.60. The number of esters is 1. The first-order valence-corrected chi connectivity index (χ1v) is 10.6. The van der Waals surface area contributed by atoms with Gasteiger partial charge in [0.25, 0.3) is 0 Å². The summed E-state index contributed by atoms with van der Waals surface area (Å²) in [5.41, 5.74) is -2.19. The fourth-order valence-corrected chi connectivity index (χ4v) is 6.80. The fraction of sp³-hybridized carbons (Fsp3) is 0.652. The normalized spacial score (nSPS) is 42.1. The Morgan fingerprint density at radius 1 is 1.23 bits per heavy atom. The Labute approximate surface area is 175 Å². The van der Waals surface area contributed by atoms with E-state index in [9.17, 15) is 24.3 Å². The average Bonchev–Trinajstić information content (AvgIpc) is 2.97. The number of carbonyl (C=O) groups is 4. The lowest BCUT2D eigenvalue weighted by molar-refractivity contribution is -0.173. The third-order valence-corrected chi connectivity index (χ3v) is 8.36. The third kappa shape index (κ3) is 2.78. The predicted octanol–water partition coefficient (Wildman–Crippen LogP) is 1.31. The number of aliphatic hydroxyl groups excluding tert-OH is 1. The second kappa shape index (κ2) is 6.95. The maximum absolute atomic E-state index is 13.5. The number of rotatable bonds is 4. The molecule has 162 valence electrons. The first kappa shape index (κ1) is 21.1. The second-order valence-electron chi connectivity index (χ2n) is 9.68. The zero-order valence-corrected chi connectivity index (χ0v) is 17.3. The van der Waals surface area contributed by atoms with Crippen molar-refractivity contribution in [2.24, 2.45) is 28.6 Å². The summed E-state index contributed by atoms with van der Waals surface area (Å²) in [4.78, 5) is 49.4. The number of hydrogen-bond donors (Lipinski definition) is 2. The van der Waals surface area contributed by atoms with Crippen molar-refractivity contribution in [2.75, 3.05) is 13.2 Å². The van der Waals surface area contributed by atoms with Crippen LogP contribution in [-0.4, -0.2) is 52.3 Å². The summed E-state index contributed by atoms with van der Waals surface area (Å²) >= 11 is 0. The Morgan fingerprint density at radius 2 is 1.97 bits per heavy atom. The summed E-state index contributed by atoms with van der Waals surface area (Å²) in [5, 5.41) is 20.2. The van der Waals surface area contributed by atoms with Gasteiger partial charge in [-0.2, -0.15) is 0 Å². The molecule has 0 heterocycles. The van der Waals surface area contributed by atoms with Gasteiger partial charge < -0.3 is 14.9 Å². The van der Waals surface area contributed by atoms with Crippen LogP contribution in [0, 0.1) is 28.6 Å². The number of fused-ring (bicyclic) bond motifs is 5. The topological polar surface area (TPSA) is 118 Å². The number of allylic oxidation sites excluding steroid dienone is 4. The molecule has 7 heteroatoms. The maximum atomic E-state index is 13.5. The molecule has 6 atom stereocenters. The standard InChI is InChI=1S/C23H28O7/c1-21-7-5-14(25)9-13(21)3-4-15-16-6-8-23(29,18(27)12-30-19(28)11-24)22(16,2)10-17(26)20(15)21/h5,7,9,15-16,20,24,29H,3-4,6,8,10-12H2,1-2H3/t15-,16-,20+,21-,22-,23-/m0/s1. The first-order chi connectivity index (χ1) is 14.1. The van der Waals surface area contributed by atoms with Crippen molar-refractivity contribution in [3.05, 3.63) is 23.8 Å². The van der Waals surface area contributed by atoms with E-state index in [1.54, 1.807) is 13.0 Å². The van der Waals surface area contributed by atoms with Gasteiger partial charge in [-0.3, -0.25) is 14.4 Å². The highest BCUT2D eigenvalue weighted by atomic mass is 16.5. The molecular formula is C23H28O7. The Kier molecular flexibility index (Phi) is 4.90. The molecule has 3 saturated carbocycles. The minimum absolute atomic E-state index is 0.00586. The molecule has 0 unspecified atom stereocenters. The molecule has 30 heavy (non-hydrogen) atoms. The van der Waals surface area contributed by atoms with Crippen molar-refractivity contribution in [2.45, 2.75) is 51.6 Å². The molecule has 4 aliphatic carbocycles. The van der Waals surface area contributed by atoms with Gasteiger partial charge in [-0.25, -0.2) is 4.79 Å². The summed E-state index contributed by atoms with van der Waals surface area (Å²) in [5.74, 6) is -1.87. The number of aliphatic hydroxyl groups is 2. The molecule has 7 nitrogen and oxygen atoms in total. The lowest BCUT2D eigenvalue weighted by Gasteiger charge is -2.56. The molecule has 0 spiro atoms. The van der Waals surface area contributed by atoms with E-state index in [1.165, 1.54) is 6.08 Å². The van der Waals surface area contributed by atoms with Crippen LogP contribution >= 0.6 is 0 Å². The fourth-order valence-electron chi connectivity index (χ4n) is 6.80. The summed E-state index contributed by atoms with van der Waals surface area (Å²) in [6.45, 7) is 2.37. The molecule has 0 aromatic carbocycles. The van der Waals surface area contributed by atoms with E-state index in [-0.39, 0.29) is 42.2 Å². The first-order valence-electron chi connectivity index (χ1n) is 10.6. The third-order valence-electron chi connectivity index (χ3n) is 8.36. The van der Waals surface area contributed by atoms with E-state index in [2.05, 4.69) is 0 Å². The van der Waals surface area contributed by atoms with E-state index in [1.807, 2.05) is 13.0 Å². The van der Waals surface area contributed by atoms with Crippen molar-refractivity contribution in [3.63, 3.8) is 0 Å². The van der Waals surface area contributed by atoms with Crippen LogP contribution in [0.5, 0.6) is 0 Å². The summed E-state index contributed by atoms with van der Waals surface area (Å²) in [7, 11) is 0. The van der Waals surface area contributed by atoms with Gasteiger partial charge in [0.2, 0.25) is 5.78 Å². The monoisotopic (exact) mass is 416 g/mol. The molecule has 0 bridgehead atoms. The molecule has 4 rings (SSSR count). The van der Waals surface area contributed by atoms with Crippen molar-refractivity contribution >= 4 is 23.3 Å². The zero-order chi connectivity index (χ0) is 21.9. The molecule has 0 amide bonds. The predicted molar refractivity (Wildman–Crippen MR) is 105 cm³/mol. The summed E-state index contributed by atoms with van der Waals surface area (Å²) < 4.78 is 4.75. The Bertz CT molecular complexity index is 886. The van der Waals surface area contributed by atoms with E-state index in [0.29, 0.717) is 12.8 Å². The van der Waals surface area contributed by atoms with Gasteiger partial charge >= 0.3 is 5.97 Å². The van der Waals surface area contributed by atoms with Gasteiger partial charge in [0.1, 0.15) is 18.0 Å². The van der Waals surface area contributed by atoms with Crippen LogP contribution in [0.15, 0.2) is 23.8 Å². The number of carbonyl (C=O) groups excluding carboxylic acids is 4. The zero-order valence-electron chi connectivity index (χ0n) is 17.3. The molecule has 0 aromatic rings. The maximum Gasteiger partial charge on any atom is 0.332 e. The van der Waals surface area contributed by atoms with Gasteiger partial charge in [-0.1, -0.05) is 25.5 Å². The lowest BCUT2D eigenvalue weighted by atomic mass is 9.46. The minimum atomic E-state index is -1.75. The Balaban J connectivity index is 1.64. The SMILES string of the molecule is C[C@]12C=CC(=O)C=C1CC[C@@H]1[C@@H]2C(=O)C[C@@]2(C)[C@H]1CC[C@]2(O)C(=O)COC(=O)CO. The summed E-state index contributed by atoms with van der Waals surface area (Å²) in [6.07, 6.45) is 7.41. The highest BCUT2D eigenvalue weighted by Crippen LogP contribution is 2.66. The highest BCUT2D eigenvalue weighted by Gasteiger charge is 2.68. The number of Topliss-reactive ketones (excluding diaryl/α,β-unsaturated/α-hetero) is 2. The van der Waals surface area contributed by atoms with Gasteiger partial charge in [0.05, 0.1) is 0 Å². The molecule has 0 aromatic heterocycles. The van der Waals surface area contributed by atoms with Gasteiger partial charge in [-0.15, -0.1) is 0 Å². The van der Waals surface area contributed by atoms with E-state index in [4.69, 9.17) is 9.84 Å². The van der Waals surface area contributed by atoms with Gasteiger partial charge in [0, 0.05) is 23.2 Å². The van der Waals surface area contributed by atoms with Crippen molar-refractivity contribution in [3.8, 4) is 0 Å². The van der Waals surface area contributed by atoms with E-state index < -0.39 is 41.4 Å². The number of ketones is 3. The molecule has 0 radical (unpaired) electrons. The number of ether oxygens (including phenoxy) is 1. The molecule has 3 fully saturated rings. The van der Waals surface area contributed by atoms with E-state index >= 15 is 0 Å². The van der Waals surface area contributed by atoms with Crippen LogP contribution in [0.25, 0.3) is 0 Å². The quantitative estimate of drug-likeness (QED) is 0.664. The van der Waals surface area contributed by atoms with Crippen molar-refractivity contribution < 1.29 is 34.1 Å². The average molecular weight is 416 g/mol. The molecule has 2 N–H and O–H groups in total. The summed E-state index contributed by atoms with van der Waals surface area (Å²) in [6, 6.07) is 0. The number of hydrogen-bond acceptors (Lipinski definition) is 7.